The average Bonchev–Trinajstić information content (AvgIpc) is 2.82. The number of fused-ring (bicyclic) bond motifs is 1. The number of ether oxygens (including phenoxy) is 1. The van der Waals surface area contributed by atoms with Crippen molar-refractivity contribution in [2.45, 2.75) is 41.2 Å². The van der Waals surface area contributed by atoms with Gasteiger partial charge < -0.3 is 9.30 Å². The van der Waals surface area contributed by atoms with E-state index in [1.54, 1.807) is 6.08 Å². The van der Waals surface area contributed by atoms with Gasteiger partial charge in [0.15, 0.2) is 0 Å². The Balaban J connectivity index is 2.38. The lowest BCUT2D eigenvalue weighted by molar-refractivity contribution is -0.137. The molecule has 2 aromatic rings. The molecule has 4 heteroatoms. The summed E-state index contributed by atoms with van der Waals surface area (Å²) in [6.45, 7) is 11.2. The maximum atomic E-state index is 11.8. The molecule has 2 rings (SSSR count). The van der Waals surface area contributed by atoms with Crippen LogP contribution < -0.4 is 0 Å². The first-order chi connectivity index (χ1) is 10.3. The molecular formula is C18H24N2O2. The van der Waals surface area contributed by atoms with Crippen LogP contribution in [-0.2, 0) is 16.1 Å². The Kier molecular flexibility index (Phi) is 4.69. The molecule has 4 nitrogen and oxygen atoms in total. The molecule has 0 radical (unpaired) electrons. The standard InChI is InChI=1S/C18H24N2O2/c1-6-22-16(21)10-14(18(3,4)5)11-20-12-19-17-13(2)8-7-9-15(17)20/h7-10,12H,6,11H2,1-5H3/b14-10-. The summed E-state index contributed by atoms with van der Waals surface area (Å²) < 4.78 is 7.14. The number of allylic oxidation sites excluding steroid dienone is 1. The quantitative estimate of drug-likeness (QED) is 0.636. The number of para-hydroxylation sites is 1. The minimum Gasteiger partial charge on any atom is -0.463 e. The highest BCUT2D eigenvalue weighted by atomic mass is 16.5. The first-order valence-corrected chi connectivity index (χ1v) is 7.61. The Morgan fingerprint density at radius 3 is 2.73 bits per heavy atom. The molecule has 1 aromatic carbocycles. The molecule has 0 aliphatic carbocycles. The number of imidazole rings is 1. The summed E-state index contributed by atoms with van der Waals surface area (Å²) in [6, 6.07) is 6.14. The molecule has 0 fully saturated rings. The van der Waals surface area contributed by atoms with Crippen LogP contribution in [0.15, 0.2) is 36.2 Å². The average molecular weight is 300 g/mol. The minimum absolute atomic E-state index is 0.118. The SMILES string of the molecule is CCOC(=O)/C=C(/Cn1cnc2c(C)cccc21)C(C)(C)C. The second kappa shape index (κ2) is 6.34. The number of hydrogen-bond donors (Lipinski definition) is 0. The van der Waals surface area contributed by atoms with E-state index in [0.717, 1.165) is 22.2 Å². The Morgan fingerprint density at radius 1 is 1.36 bits per heavy atom. The topological polar surface area (TPSA) is 44.1 Å². The third-order valence-corrected chi connectivity index (χ3v) is 3.73. The monoisotopic (exact) mass is 300 g/mol. The van der Waals surface area contributed by atoms with Crippen molar-refractivity contribution in [3.8, 4) is 0 Å². The highest BCUT2D eigenvalue weighted by Crippen LogP contribution is 2.28. The van der Waals surface area contributed by atoms with Gasteiger partial charge in [-0.3, -0.25) is 0 Å². The smallest absolute Gasteiger partial charge is 0.330 e. The van der Waals surface area contributed by atoms with E-state index in [1.165, 1.54) is 0 Å². The van der Waals surface area contributed by atoms with Gasteiger partial charge in [0.2, 0.25) is 0 Å². The van der Waals surface area contributed by atoms with Crippen LogP contribution in [0.3, 0.4) is 0 Å². The van der Waals surface area contributed by atoms with Gasteiger partial charge >= 0.3 is 5.97 Å². The van der Waals surface area contributed by atoms with E-state index in [4.69, 9.17) is 4.74 Å². The van der Waals surface area contributed by atoms with Crippen molar-refractivity contribution in [1.82, 2.24) is 9.55 Å². The van der Waals surface area contributed by atoms with Crippen molar-refractivity contribution in [2.75, 3.05) is 6.61 Å². The van der Waals surface area contributed by atoms with Gasteiger partial charge in [0.05, 0.1) is 24.0 Å². The van der Waals surface area contributed by atoms with Crippen molar-refractivity contribution in [3.05, 3.63) is 41.7 Å². The fraction of sp³-hybridized carbons (Fsp3) is 0.444. The number of carbonyl (C=O) groups is 1. The zero-order chi connectivity index (χ0) is 16.3. The van der Waals surface area contributed by atoms with Gasteiger partial charge in [-0.25, -0.2) is 9.78 Å². The molecule has 0 aliphatic heterocycles. The number of aromatic nitrogens is 2. The lowest BCUT2D eigenvalue weighted by Gasteiger charge is -2.23. The fourth-order valence-electron chi connectivity index (χ4n) is 2.37. The predicted molar refractivity (Wildman–Crippen MR) is 88.6 cm³/mol. The lowest BCUT2D eigenvalue weighted by atomic mass is 9.86. The van der Waals surface area contributed by atoms with E-state index in [1.807, 2.05) is 19.3 Å². The van der Waals surface area contributed by atoms with Gasteiger partial charge in [-0.05, 0) is 36.5 Å². The number of aryl methyl sites for hydroxylation is 1. The molecule has 0 amide bonds. The molecule has 118 valence electrons. The van der Waals surface area contributed by atoms with Gasteiger partial charge in [0.25, 0.3) is 0 Å². The Labute approximate surface area is 131 Å². The van der Waals surface area contributed by atoms with E-state index in [-0.39, 0.29) is 11.4 Å². The molecule has 0 unspecified atom stereocenters. The molecule has 0 aliphatic rings. The van der Waals surface area contributed by atoms with Crippen LogP contribution >= 0.6 is 0 Å². The largest absolute Gasteiger partial charge is 0.463 e. The summed E-state index contributed by atoms with van der Waals surface area (Å²) in [5.74, 6) is -0.284. The fourth-order valence-corrected chi connectivity index (χ4v) is 2.37. The molecule has 0 atom stereocenters. The molecule has 0 spiro atoms. The Bertz CT molecular complexity index is 705. The number of benzene rings is 1. The van der Waals surface area contributed by atoms with Crippen LogP contribution in [0, 0.1) is 12.3 Å². The third kappa shape index (κ3) is 3.56. The van der Waals surface area contributed by atoms with Crippen LogP contribution in [0.5, 0.6) is 0 Å². The first kappa shape index (κ1) is 16.3. The molecule has 0 bridgehead atoms. The highest BCUT2D eigenvalue weighted by Gasteiger charge is 2.20. The van der Waals surface area contributed by atoms with Crippen LogP contribution in [0.4, 0.5) is 0 Å². The normalized spacial score (nSPS) is 12.7. The van der Waals surface area contributed by atoms with Crippen LogP contribution in [0.25, 0.3) is 11.0 Å². The van der Waals surface area contributed by atoms with Gasteiger partial charge in [-0.1, -0.05) is 32.9 Å². The van der Waals surface area contributed by atoms with Crippen LogP contribution in [0.2, 0.25) is 0 Å². The number of hydrogen-bond acceptors (Lipinski definition) is 3. The maximum absolute atomic E-state index is 11.8. The molecule has 22 heavy (non-hydrogen) atoms. The number of esters is 1. The molecular weight excluding hydrogens is 276 g/mol. The Hall–Kier alpha value is -2.10. The van der Waals surface area contributed by atoms with Crippen molar-refractivity contribution in [1.29, 1.82) is 0 Å². The highest BCUT2D eigenvalue weighted by molar-refractivity contribution is 5.83. The minimum atomic E-state index is -0.284. The number of carbonyl (C=O) groups excluding carboxylic acids is 1. The number of nitrogens with zero attached hydrogens (tertiary/aromatic N) is 2. The summed E-state index contributed by atoms with van der Waals surface area (Å²) in [5, 5.41) is 0. The second-order valence-electron chi connectivity index (χ2n) is 6.49. The summed E-state index contributed by atoms with van der Waals surface area (Å²) in [4.78, 5) is 16.3. The van der Waals surface area contributed by atoms with Gasteiger partial charge in [-0.2, -0.15) is 0 Å². The van der Waals surface area contributed by atoms with E-state index < -0.39 is 0 Å². The number of rotatable bonds is 4. The van der Waals surface area contributed by atoms with E-state index >= 15 is 0 Å². The predicted octanol–water partition coefficient (Wildman–Crippen LogP) is 3.88. The van der Waals surface area contributed by atoms with Gasteiger partial charge in [-0.15, -0.1) is 0 Å². The Morgan fingerprint density at radius 2 is 2.09 bits per heavy atom. The van der Waals surface area contributed by atoms with Crippen LogP contribution in [-0.4, -0.2) is 22.1 Å². The third-order valence-electron chi connectivity index (χ3n) is 3.73. The molecule has 1 aromatic heterocycles. The van der Waals surface area contributed by atoms with Crippen molar-refractivity contribution >= 4 is 17.0 Å². The first-order valence-electron chi connectivity index (χ1n) is 7.61. The summed E-state index contributed by atoms with van der Waals surface area (Å²) in [7, 11) is 0. The van der Waals surface area contributed by atoms with Crippen molar-refractivity contribution in [2.24, 2.45) is 5.41 Å². The molecule has 0 N–H and O–H groups in total. The maximum Gasteiger partial charge on any atom is 0.330 e. The zero-order valence-electron chi connectivity index (χ0n) is 14.0. The van der Waals surface area contributed by atoms with E-state index in [9.17, 15) is 4.79 Å². The van der Waals surface area contributed by atoms with E-state index in [2.05, 4.69) is 49.4 Å². The van der Waals surface area contributed by atoms with Gasteiger partial charge in [0.1, 0.15) is 0 Å². The molecule has 1 heterocycles. The van der Waals surface area contributed by atoms with E-state index in [0.29, 0.717) is 13.2 Å². The summed E-state index contributed by atoms with van der Waals surface area (Å²) in [5.41, 5.74) is 4.15. The summed E-state index contributed by atoms with van der Waals surface area (Å²) >= 11 is 0. The van der Waals surface area contributed by atoms with Crippen molar-refractivity contribution < 1.29 is 9.53 Å². The van der Waals surface area contributed by atoms with Gasteiger partial charge in [0, 0.05) is 12.6 Å². The summed E-state index contributed by atoms with van der Waals surface area (Å²) in [6.07, 6.45) is 3.45. The zero-order valence-corrected chi connectivity index (χ0v) is 14.0. The second-order valence-corrected chi connectivity index (χ2v) is 6.49. The lowest BCUT2D eigenvalue weighted by Crippen LogP contribution is -2.17. The molecule has 0 saturated heterocycles. The van der Waals surface area contributed by atoms with Crippen LogP contribution in [0.1, 0.15) is 33.3 Å². The molecule has 0 saturated carbocycles. The van der Waals surface area contributed by atoms with Crippen molar-refractivity contribution in [3.63, 3.8) is 0 Å².